The van der Waals surface area contributed by atoms with Crippen LogP contribution in [0, 0.1) is 5.41 Å². The van der Waals surface area contributed by atoms with E-state index in [2.05, 4.69) is 40.1 Å². The number of aromatic hydroxyl groups is 1. The Morgan fingerprint density at radius 3 is 2.68 bits per heavy atom. The number of benzene rings is 1. The van der Waals surface area contributed by atoms with Crippen molar-refractivity contribution in [3.05, 3.63) is 28.2 Å². The standard InChI is InChI=1S/C15H23BrN2O/c1-15(5-7-18(2)8-6-15)11-17-10-12-3-4-14(19)13(16)9-12/h3-4,9,17,19H,5-8,10-11H2,1-2H3. The van der Waals surface area contributed by atoms with Crippen LogP contribution in [0.4, 0.5) is 0 Å². The first-order valence-corrected chi connectivity index (χ1v) is 7.64. The zero-order valence-corrected chi connectivity index (χ0v) is 13.3. The molecule has 0 aliphatic carbocycles. The Kier molecular flexibility index (Phi) is 4.87. The Morgan fingerprint density at radius 1 is 1.37 bits per heavy atom. The lowest BCUT2D eigenvalue weighted by Gasteiger charge is -2.38. The molecule has 0 unspecified atom stereocenters. The van der Waals surface area contributed by atoms with Crippen LogP contribution in [0.3, 0.4) is 0 Å². The lowest BCUT2D eigenvalue weighted by atomic mass is 9.80. The number of nitrogens with zero attached hydrogens (tertiary/aromatic N) is 1. The molecule has 2 rings (SSSR count). The highest BCUT2D eigenvalue weighted by Crippen LogP contribution is 2.29. The number of piperidine rings is 1. The minimum atomic E-state index is 0.297. The van der Waals surface area contributed by atoms with Crippen molar-refractivity contribution >= 4 is 15.9 Å². The number of hydrogen-bond donors (Lipinski definition) is 2. The van der Waals surface area contributed by atoms with Crippen LogP contribution in [-0.4, -0.2) is 36.7 Å². The molecule has 2 N–H and O–H groups in total. The normalized spacial score (nSPS) is 19.5. The molecule has 3 nitrogen and oxygen atoms in total. The highest BCUT2D eigenvalue weighted by Gasteiger charge is 2.28. The van der Waals surface area contributed by atoms with Crippen LogP contribution < -0.4 is 5.32 Å². The number of rotatable bonds is 4. The van der Waals surface area contributed by atoms with Crippen LogP contribution in [0.2, 0.25) is 0 Å². The van der Waals surface area contributed by atoms with Crippen LogP contribution in [-0.2, 0) is 6.54 Å². The van der Waals surface area contributed by atoms with Gasteiger partial charge in [0.05, 0.1) is 4.47 Å². The first-order chi connectivity index (χ1) is 8.98. The second-order valence-electron chi connectivity index (χ2n) is 6.00. The highest BCUT2D eigenvalue weighted by molar-refractivity contribution is 9.10. The number of likely N-dealkylation sites (tertiary alicyclic amines) is 1. The molecule has 0 amide bonds. The summed E-state index contributed by atoms with van der Waals surface area (Å²) in [4.78, 5) is 2.40. The van der Waals surface area contributed by atoms with Gasteiger partial charge in [-0.25, -0.2) is 0 Å². The Morgan fingerprint density at radius 2 is 2.05 bits per heavy atom. The SMILES string of the molecule is CN1CCC(C)(CNCc2ccc(O)c(Br)c2)CC1. The summed E-state index contributed by atoms with van der Waals surface area (Å²) in [6.45, 7) is 6.68. The number of halogens is 1. The molecule has 1 aliphatic heterocycles. The molecule has 0 radical (unpaired) electrons. The van der Waals surface area contributed by atoms with Gasteiger partial charge in [0.25, 0.3) is 0 Å². The van der Waals surface area contributed by atoms with Crippen LogP contribution in [0.15, 0.2) is 22.7 Å². The quantitative estimate of drug-likeness (QED) is 0.892. The van der Waals surface area contributed by atoms with Gasteiger partial charge in [0.15, 0.2) is 0 Å². The molecule has 0 saturated carbocycles. The van der Waals surface area contributed by atoms with Crippen LogP contribution in [0.25, 0.3) is 0 Å². The number of phenolic OH excluding ortho intramolecular Hbond substituents is 1. The summed E-state index contributed by atoms with van der Waals surface area (Å²) < 4.78 is 0.761. The van der Waals surface area contributed by atoms with E-state index >= 15 is 0 Å². The largest absolute Gasteiger partial charge is 0.507 e. The Balaban J connectivity index is 1.81. The predicted molar refractivity (Wildman–Crippen MR) is 82.4 cm³/mol. The van der Waals surface area contributed by atoms with Crippen molar-refractivity contribution in [1.82, 2.24) is 10.2 Å². The first-order valence-electron chi connectivity index (χ1n) is 6.85. The van der Waals surface area contributed by atoms with Gasteiger partial charge in [-0.15, -0.1) is 0 Å². The van der Waals surface area contributed by atoms with E-state index in [-0.39, 0.29) is 0 Å². The Bertz CT molecular complexity index is 428. The molecule has 19 heavy (non-hydrogen) atoms. The van der Waals surface area contributed by atoms with Crippen molar-refractivity contribution < 1.29 is 5.11 Å². The molecular weight excluding hydrogens is 304 g/mol. The van der Waals surface area contributed by atoms with E-state index in [9.17, 15) is 5.11 Å². The molecule has 1 saturated heterocycles. The second kappa shape index (κ2) is 6.25. The number of nitrogens with one attached hydrogen (secondary N) is 1. The molecular formula is C15H23BrN2O. The summed E-state index contributed by atoms with van der Waals surface area (Å²) in [7, 11) is 2.20. The fraction of sp³-hybridized carbons (Fsp3) is 0.600. The van der Waals surface area contributed by atoms with Crippen molar-refractivity contribution in [2.75, 3.05) is 26.7 Å². The molecule has 0 spiro atoms. The molecule has 0 atom stereocenters. The van der Waals surface area contributed by atoms with Gasteiger partial charge in [-0.3, -0.25) is 0 Å². The van der Waals surface area contributed by atoms with Gasteiger partial charge in [-0.05, 0) is 72.0 Å². The third kappa shape index (κ3) is 4.20. The summed E-state index contributed by atoms with van der Waals surface area (Å²) in [6.07, 6.45) is 2.52. The van der Waals surface area contributed by atoms with Crippen molar-refractivity contribution in [2.24, 2.45) is 5.41 Å². The Labute approximate surface area is 124 Å². The van der Waals surface area contributed by atoms with Gasteiger partial charge in [-0.2, -0.15) is 0 Å². The zero-order valence-electron chi connectivity index (χ0n) is 11.7. The molecule has 1 heterocycles. The number of hydrogen-bond acceptors (Lipinski definition) is 3. The van der Waals surface area contributed by atoms with Gasteiger partial charge in [0.1, 0.15) is 5.75 Å². The molecule has 1 aliphatic rings. The third-order valence-electron chi connectivity index (χ3n) is 4.09. The van der Waals surface area contributed by atoms with Gasteiger partial charge in [-0.1, -0.05) is 13.0 Å². The fourth-order valence-electron chi connectivity index (χ4n) is 2.50. The average Bonchev–Trinajstić information content (AvgIpc) is 2.38. The minimum Gasteiger partial charge on any atom is -0.507 e. The molecule has 4 heteroatoms. The summed E-state index contributed by atoms with van der Waals surface area (Å²) in [6, 6.07) is 5.67. The van der Waals surface area contributed by atoms with E-state index in [0.717, 1.165) is 17.6 Å². The average molecular weight is 327 g/mol. The molecule has 1 aromatic rings. The van der Waals surface area contributed by atoms with Crippen molar-refractivity contribution in [1.29, 1.82) is 0 Å². The molecule has 1 fully saturated rings. The lowest BCUT2D eigenvalue weighted by Crippen LogP contribution is -2.41. The molecule has 106 valence electrons. The van der Waals surface area contributed by atoms with E-state index in [1.807, 2.05) is 12.1 Å². The molecule has 0 bridgehead atoms. The summed E-state index contributed by atoms with van der Waals surface area (Å²) in [5.74, 6) is 0.297. The van der Waals surface area contributed by atoms with Crippen molar-refractivity contribution in [2.45, 2.75) is 26.3 Å². The van der Waals surface area contributed by atoms with Crippen LogP contribution in [0.1, 0.15) is 25.3 Å². The highest BCUT2D eigenvalue weighted by atomic mass is 79.9. The monoisotopic (exact) mass is 326 g/mol. The van der Waals surface area contributed by atoms with E-state index in [1.54, 1.807) is 6.07 Å². The van der Waals surface area contributed by atoms with E-state index in [4.69, 9.17) is 0 Å². The maximum Gasteiger partial charge on any atom is 0.129 e. The lowest BCUT2D eigenvalue weighted by molar-refractivity contribution is 0.137. The third-order valence-corrected chi connectivity index (χ3v) is 4.72. The van der Waals surface area contributed by atoms with Crippen molar-refractivity contribution in [3.63, 3.8) is 0 Å². The minimum absolute atomic E-state index is 0.297. The van der Waals surface area contributed by atoms with Crippen LogP contribution in [0.5, 0.6) is 5.75 Å². The first kappa shape index (κ1) is 14.8. The van der Waals surface area contributed by atoms with Crippen LogP contribution >= 0.6 is 15.9 Å². The smallest absolute Gasteiger partial charge is 0.129 e. The van der Waals surface area contributed by atoms with Gasteiger partial charge in [0.2, 0.25) is 0 Å². The maximum atomic E-state index is 9.47. The van der Waals surface area contributed by atoms with Gasteiger partial charge >= 0.3 is 0 Å². The molecule has 0 aromatic heterocycles. The van der Waals surface area contributed by atoms with E-state index < -0.39 is 0 Å². The van der Waals surface area contributed by atoms with E-state index in [1.165, 1.54) is 31.5 Å². The summed E-state index contributed by atoms with van der Waals surface area (Å²) in [5, 5.41) is 13.0. The topological polar surface area (TPSA) is 35.5 Å². The van der Waals surface area contributed by atoms with Gasteiger partial charge < -0.3 is 15.3 Å². The number of phenols is 1. The summed E-state index contributed by atoms with van der Waals surface area (Å²) in [5.41, 5.74) is 1.61. The van der Waals surface area contributed by atoms with E-state index in [0.29, 0.717) is 11.2 Å². The maximum absolute atomic E-state index is 9.47. The van der Waals surface area contributed by atoms with Gasteiger partial charge in [0, 0.05) is 13.1 Å². The second-order valence-corrected chi connectivity index (χ2v) is 6.86. The molecule has 1 aromatic carbocycles. The van der Waals surface area contributed by atoms with Crippen molar-refractivity contribution in [3.8, 4) is 5.75 Å². The Hall–Kier alpha value is -0.580. The summed E-state index contributed by atoms with van der Waals surface area (Å²) >= 11 is 3.35. The fourth-order valence-corrected chi connectivity index (χ4v) is 2.93. The zero-order chi connectivity index (χ0) is 13.9. The predicted octanol–water partition coefficient (Wildman–Crippen LogP) is 2.98.